The second kappa shape index (κ2) is 5.22. The number of aromatic nitrogens is 1. The quantitative estimate of drug-likeness (QED) is 0.783. The third-order valence-electron chi connectivity index (χ3n) is 4.00. The first kappa shape index (κ1) is 12.4. The van der Waals surface area contributed by atoms with Crippen molar-refractivity contribution in [2.75, 3.05) is 31.1 Å². The van der Waals surface area contributed by atoms with Crippen LogP contribution in [0.1, 0.15) is 0 Å². The summed E-state index contributed by atoms with van der Waals surface area (Å²) in [6, 6.07) is 14.6. The number of fused-ring (bicyclic) bond motifs is 1. The maximum atomic E-state index is 5.48. The summed E-state index contributed by atoms with van der Waals surface area (Å²) in [5.74, 6) is 0. The minimum absolute atomic E-state index is 0.840. The number of anilines is 1. The van der Waals surface area contributed by atoms with E-state index in [-0.39, 0.29) is 0 Å². The predicted molar refractivity (Wildman–Crippen MR) is 84.5 cm³/mol. The third-order valence-corrected chi connectivity index (χ3v) is 4.00. The molecule has 1 fully saturated rings. The molecule has 1 aromatic heterocycles. The number of benzene rings is 2. The fraction of sp³-hybridized carbons (Fsp3) is 0.235. The van der Waals surface area contributed by atoms with Gasteiger partial charge in [0.1, 0.15) is 5.52 Å². The van der Waals surface area contributed by atoms with E-state index in [0.717, 1.165) is 37.3 Å². The molecule has 0 atom stereocenters. The second-order valence-corrected chi connectivity index (χ2v) is 5.26. The molecule has 1 saturated heterocycles. The molecule has 0 unspecified atom stereocenters. The molecule has 4 rings (SSSR count). The molecule has 0 radical (unpaired) electrons. The Morgan fingerprint density at radius 3 is 2.62 bits per heavy atom. The lowest BCUT2D eigenvalue weighted by Crippen LogP contribution is -2.43. The van der Waals surface area contributed by atoms with Crippen molar-refractivity contribution in [2.24, 2.45) is 0 Å². The lowest BCUT2D eigenvalue weighted by Gasteiger charge is -2.31. The number of hydrogen-bond acceptors (Lipinski definition) is 4. The molecule has 1 aliphatic heterocycles. The Morgan fingerprint density at radius 2 is 1.81 bits per heavy atom. The molecule has 2 heterocycles. The SMILES string of the molecule is c1ccc(-c2c(N3CCNCC3)ccc3ocnc23)cc1. The maximum absolute atomic E-state index is 5.48. The molecule has 4 nitrogen and oxygen atoms in total. The molecule has 0 bridgehead atoms. The normalized spacial score (nSPS) is 15.5. The van der Waals surface area contributed by atoms with Gasteiger partial charge in [0.05, 0.1) is 0 Å². The summed E-state index contributed by atoms with van der Waals surface area (Å²) < 4.78 is 5.48. The molecule has 2 aromatic carbocycles. The van der Waals surface area contributed by atoms with Crippen molar-refractivity contribution in [2.45, 2.75) is 0 Å². The van der Waals surface area contributed by atoms with Crippen LogP contribution in [0.2, 0.25) is 0 Å². The fourth-order valence-electron chi connectivity index (χ4n) is 2.98. The molecule has 3 aromatic rings. The van der Waals surface area contributed by atoms with Gasteiger partial charge in [-0.15, -0.1) is 0 Å². The van der Waals surface area contributed by atoms with E-state index < -0.39 is 0 Å². The zero-order valence-corrected chi connectivity index (χ0v) is 11.7. The summed E-state index contributed by atoms with van der Waals surface area (Å²) in [6.07, 6.45) is 1.53. The molecule has 0 amide bonds. The van der Waals surface area contributed by atoms with Crippen molar-refractivity contribution in [1.29, 1.82) is 0 Å². The summed E-state index contributed by atoms with van der Waals surface area (Å²) in [5, 5.41) is 3.40. The molecule has 4 heteroatoms. The number of piperazine rings is 1. The zero-order valence-electron chi connectivity index (χ0n) is 11.7. The molecule has 1 N–H and O–H groups in total. The van der Waals surface area contributed by atoms with Gasteiger partial charge in [-0.1, -0.05) is 30.3 Å². The average Bonchev–Trinajstić information content (AvgIpc) is 3.04. The standard InChI is InChI=1S/C17H17N3O/c1-2-4-13(5-3-1)16-14(20-10-8-18-9-11-20)6-7-15-17(16)19-12-21-15/h1-7,12,18H,8-11H2. The second-order valence-electron chi connectivity index (χ2n) is 5.26. The van der Waals surface area contributed by atoms with Gasteiger partial charge in [-0.05, 0) is 17.7 Å². The molecule has 0 spiro atoms. The number of hydrogen-bond donors (Lipinski definition) is 1. The van der Waals surface area contributed by atoms with Crippen LogP contribution in [0.5, 0.6) is 0 Å². The Morgan fingerprint density at radius 1 is 1.00 bits per heavy atom. The van der Waals surface area contributed by atoms with Crippen LogP contribution in [0.15, 0.2) is 53.3 Å². The van der Waals surface area contributed by atoms with Crippen LogP contribution >= 0.6 is 0 Å². The molecule has 0 aliphatic carbocycles. The lowest BCUT2D eigenvalue weighted by molar-refractivity contribution is 0.589. The highest BCUT2D eigenvalue weighted by Crippen LogP contribution is 2.36. The van der Waals surface area contributed by atoms with Crippen LogP contribution in [-0.4, -0.2) is 31.2 Å². The van der Waals surface area contributed by atoms with Crippen molar-refractivity contribution in [3.05, 3.63) is 48.9 Å². The lowest BCUT2D eigenvalue weighted by atomic mass is 10.0. The van der Waals surface area contributed by atoms with Crippen LogP contribution in [0.25, 0.3) is 22.2 Å². The van der Waals surface area contributed by atoms with Crippen LogP contribution in [0.3, 0.4) is 0 Å². The van der Waals surface area contributed by atoms with Crippen LogP contribution in [0, 0.1) is 0 Å². The summed E-state index contributed by atoms with van der Waals surface area (Å²) in [7, 11) is 0. The zero-order chi connectivity index (χ0) is 14.1. The molecule has 1 aliphatic rings. The van der Waals surface area contributed by atoms with E-state index in [1.807, 2.05) is 12.1 Å². The van der Waals surface area contributed by atoms with Crippen molar-refractivity contribution in [3.63, 3.8) is 0 Å². The van der Waals surface area contributed by atoms with Crippen molar-refractivity contribution < 1.29 is 4.42 Å². The van der Waals surface area contributed by atoms with Crippen LogP contribution < -0.4 is 10.2 Å². The molecule has 106 valence electrons. The molecular formula is C17H17N3O. The van der Waals surface area contributed by atoms with E-state index >= 15 is 0 Å². The minimum Gasteiger partial charge on any atom is -0.443 e. The molecule has 0 saturated carbocycles. The predicted octanol–water partition coefficient (Wildman–Crippen LogP) is 2.90. The Bertz CT molecular complexity index is 745. The van der Waals surface area contributed by atoms with Gasteiger partial charge in [0.2, 0.25) is 0 Å². The first-order valence-corrected chi connectivity index (χ1v) is 7.31. The largest absolute Gasteiger partial charge is 0.443 e. The van der Waals surface area contributed by atoms with Gasteiger partial charge in [0.25, 0.3) is 0 Å². The average molecular weight is 279 g/mol. The summed E-state index contributed by atoms with van der Waals surface area (Å²) in [4.78, 5) is 6.87. The van der Waals surface area contributed by atoms with E-state index in [1.54, 1.807) is 0 Å². The first-order valence-electron chi connectivity index (χ1n) is 7.31. The van der Waals surface area contributed by atoms with E-state index in [9.17, 15) is 0 Å². The molecule has 21 heavy (non-hydrogen) atoms. The van der Waals surface area contributed by atoms with Crippen molar-refractivity contribution in [1.82, 2.24) is 10.3 Å². The van der Waals surface area contributed by atoms with Gasteiger partial charge >= 0.3 is 0 Å². The van der Waals surface area contributed by atoms with Gasteiger partial charge in [0.15, 0.2) is 12.0 Å². The van der Waals surface area contributed by atoms with Gasteiger partial charge in [0, 0.05) is 37.4 Å². The Kier molecular flexibility index (Phi) is 3.09. The van der Waals surface area contributed by atoms with Gasteiger partial charge < -0.3 is 14.6 Å². The number of nitrogens with zero attached hydrogens (tertiary/aromatic N) is 2. The van der Waals surface area contributed by atoms with E-state index in [0.29, 0.717) is 0 Å². The fourth-order valence-corrected chi connectivity index (χ4v) is 2.98. The number of nitrogens with one attached hydrogen (secondary N) is 1. The summed E-state index contributed by atoms with van der Waals surface area (Å²) >= 11 is 0. The van der Waals surface area contributed by atoms with Crippen LogP contribution in [-0.2, 0) is 0 Å². The van der Waals surface area contributed by atoms with Crippen molar-refractivity contribution in [3.8, 4) is 11.1 Å². The first-order chi connectivity index (χ1) is 10.4. The smallest absolute Gasteiger partial charge is 0.182 e. The third kappa shape index (κ3) is 2.17. The number of oxazole rings is 1. The van der Waals surface area contributed by atoms with E-state index in [2.05, 4.69) is 45.5 Å². The maximum Gasteiger partial charge on any atom is 0.182 e. The summed E-state index contributed by atoms with van der Waals surface area (Å²) in [5.41, 5.74) is 5.38. The van der Waals surface area contributed by atoms with Gasteiger partial charge in [-0.2, -0.15) is 0 Å². The molecular weight excluding hydrogens is 262 g/mol. The highest BCUT2D eigenvalue weighted by molar-refractivity contribution is 5.98. The monoisotopic (exact) mass is 279 g/mol. The van der Waals surface area contributed by atoms with Gasteiger partial charge in [-0.25, -0.2) is 4.98 Å². The van der Waals surface area contributed by atoms with E-state index in [4.69, 9.17) is 4.42 Å². The van der Waals surface area contributed by atoms with Crippen LogP contribution in [0.4, 0.5) is 5.69 Å². The van der Waals surface area contributed by atoms with Gasteiger partial charge in [-0.3, -0.25) is 0 Å². The minimum atomic E-state index is 0.840. The highest BCUT2D eigenvalue weighted by Gasteiger charge is 2.19. The summed E-state index contributed by atoms with van der Waals surface area (Å²) in [6.45, 7) is 4.07. The Hall–Kier alpha value is -2.33. The Balaban J connectivity index is 1.93. The Labute approximate surface area is 123 Å². The van der Waals surface area contributed by atoms with E-state index in [1.165, 1.54) is 23.2 Å². The van der Waals surface area contributed by atoms with Crippen molar-refractivity contribution >= 4 is 16.8 Å². The number of rotatable bonds is 2. The highest BCUT2D eigenvalue weighted by atomic mass is 16.3. The topological polar surface area (TPSA) is 41.3 Å².